The first-order valence-corrected chi connectivity index (χ1v) is 18.7. The van der Waals surface area contributed by atoms with Crippen LogP contribution in [0.2, 0.25) is 0 Å². The molecule has 0 radical (unpaired) electrons. The Bertz CT molecular complexity index is 2380. The summed E-state index contributed by atoms with van der Waals surface area (Å²) in [5.41, 5.74) is 16.1. The van der Waals surface area contributed by atoms with Crippen LogP contribution in [0.25, 0.3) is 49.2 Å². The van der Waals surface area contributed by atoms with Gasteiger partial charge in [-0.25, -0.2) is 0 Å². The number of rotatable bonds is 1. The molecule has 3 heterocycles. The summed E-state index contributed by atoms with van der Waals surface area (Å²) in [6.07, 6.45) is 13.4. The number of pyridine rings is 1. The highest BCUT2D eigenvalue weighted by atomic mass is 14.9. The van der Waals surface area contributed by atoms with Crippen molar-refractivity contribution in [3.8, 4) is 17.2 Å². The molecule has 0 N–H and O–H groups in total. The molecular weight excluding hydrogens is 571 g/mol. The summed E-state index contributed by atoms with van der Waals surface area (Å²) >= 11 is 0. The Hall–Kier alpha value is -3.90. The van der Waals surface area contributed by atoms with Crippen molar-refractivity contribution in [2.24, 2.45) is 23.7 Å². The van der Waals surface area contributed by atoms with Crippen LogP contribution in [0.1, 0.15) is 127 Å². The first-order valence-electron chi connectivity index (χ1n) is 18.7. The fraction of sp³-hybridized carbons (Fsp3) is 0.455. The Labute approximate surface area is 276 Å². The van der Waals surface area contributed by atoms with E-state index in [-0.39, 0.29) is 0 Å². The van der Waals surface area contributed by atoms with E-state index in [1.807, 2.05) is 0 Å². The van der Waals surface area contributed by atoms with Crippen LogP contribution in [0.3, 0.4) is 0 Å². The highest BCUT2D eigenvalue weighted by molar-refractivity contribution is 6.27. The van der Waals surface area contributed by atoms with Gasteiger partial charge in [0, 0.05) is 33.2 Å². The molecule has 4 fully saturated rings. The van der Waals surface area contributed by atoms with Crippen molar-refractivity contribution >= 4 is 38.1 Å². The maximum atomic E-state index is 11.0. The van der Waals surface area contributed by atoms with Gasteiger partial charge in [0.1, 0.15) is 0 Å². The van der Waals surface area contributed by atoms with E-state index in [1.165, 1.54) is 136 Å². The minimum Gasteiger partial charge on any atom is -0.306 e. The molecule has 4 saturated carbocycles. The molecule has 232 valence electrons. The van der Waals surface area contributed by atoms with Crippen molar-refractivity contribution in [1.29, 1.82) is 5.26 Å². The van der Waals surface area contributed by atoms with E-state index >= 15 is 0 Å². The second-order valence-corrected chi connectivity index (χ2v) is 17.1. The van der Waals surface area contributed by atoms with Gasteiger partial charge in [0.15, 0.2) is 0 Å². The van der Waals surface area contributed by atoms with E-state index in [9.17, 15) is 5.26 Å². The van der Waals surface area contributed by atoms with Crippen LogP contribution in [0.4, 0.5) is 0 Å². The number of nitrogens with zero attached hydrogens (tertiary/aromatic N) is 3. The van der Waals surface area contributed by atoms with E-state index in [0.29, 0.717) is 23.7 Å². The maximum Gasteiger partial charge on any atom is 0.0998 e. The van der Waals surface area contributed by atoms with Gasteiger partial charge in [-0.3, -0.25) is 4.98 Å². The molecule has 3 heteroatoms. The van der Waals surface area contributed by atoms with Crippen molar-refractivity contribution in [1.82, 2.24) is 9.38 Å². The first kappa shape index (κ1) is 26.1. The van der Waals surface area contributed by atoms with E-state index in [2.05, 4.69) is 66.8 Å². The first-order chi connectivity index (χ1) is 23.0. The summed E-state index contributed by atoms with van der Waals surface area (Å²) in [7, 11) is 0. The summed E-state index contributed by atoms with van der Waals surface area (Å²) in [5, 5.41) is 16.8. The lowest BCUT2D eigenvalue weighted by atomic mass is 9.67. The van der Waals surface area contributed by atoms with E-state index in [4.69, 9.17) is 4.98 Å². The topological polar surface area (TPSA) is 41.1 Å². The number of aromatic nitrogens is 2. The lowest BCUT2D eigenvalue weighted by molar-refractivity contribution is 0.165. The molecule has 8 bridgehead atoms. The highest BCUT2D eigenvalue weighted by Gasteiger charge is 2.47. The predicted octanol–water partition coefficient (Wildman–Crippen LogP) is 11.2. The summed E-state index contributed by atoms with van der Waals surface area (Å²) in [4.78, 5) is 5.64. The van der Waals surface area contributed by atoms with Crippen molar-refractivity contribution in [2.75, 3.05) is 0 Å². The van der Waals surface area contributed by atoms with Gasteiger partial charge >= 0.3 is 0 Å². The molecule has 14 rings (SSSR count). The van der Waals surface area contributed by atoms with Crippen LogP contribution in [0, 0.1) is 48.9 Å². The normalized spacial score (nSPS) is 31.6. The minimum atomic E-state index is 0.536. The third kappa shape index (κ3) is 3.17. The van der Waals surface area contributed by atoms with Crippen molar-refractivity contribution in [3.63, 3.8) is 0 Å². The summed E-state index contributed by atoms with van der Waals surface area (Å²) in [6, 6.07) is 19.0. The molecule has 3 aromatic carbocycles. The van der Waals surface area contributed by atoms with Crippen molar-refractivity contribution in [2.45, 2.75) is 102 Å². The zero-order valence-corrected chi connectivity index (χ0v) is 27.6. The molecule has 3 aromatic heterocycles. The smallest absolute Gasteiger partial charge is 0.0998 e. The van der Waals surface area contributed by atoms with Gasteiger partial charge in [-0.2, -0.15) is 5.26 Å². The Morgan fingerprint density at radius 1 is 0.617 bits per heavy atom. The van der Waals surface area contributed by atoms with Gasteiger partial charge in [-0.05, 0) is 165 Å². The second kappa shape index (κ2) is 8.76. The molecule has 8 aliphatic rings. The van der Waals surface area contributed by atoms with Crippen LogP contribution in [-0.2, 0) is 0 Å². The molecule has 47 heavy (non-hydrogen) atoms. The number of hydrogen-bond donors (Lipinski definition) is 0. The van der Waals surface area contributed by atoms with Gasteiger partial charge in [0.25, 0.3) is 0 Å². The lowest BCUT2D eigenvalue weighted by Crippen LogP contribution is -2.25. The van der Waals surface area contributed by atoms with E-state index in [0.717, 1.165) is 29.2 Å². The van der Waals surface area contributed by atoms with E-state index in [1.54, 1.807) is 11.1 Å². The second-order valence-electron chi connectivity index (χ2n) is 17.1. The summed E-state index contributed by atoms with van der Waals surface area (Å²) in [6.45, 7) is 4.57. The number of aryl methyl sites for hydroxylation is 2. The quantitative estimate of drug-likeness (QED) is 0.186. The van der Waals surface area contributed by atoms with Crippen LogP contribution in [0.15, 0.2) is 42.5 Å². The molecule has 6 aromatic rings. The van der Waals surface area contributed by atoms with Crippen molar-refractivity contribution < 1.29 is 0 Å². The molecular formula is C44H41N3. The van der Waals surface area contributed by atoms with Crippen LogP contribution in [0.5, 0.6) is 0 Å². The molecule has 8 aliphatic carbocycles. The Morgan fingerprint density at radius 2 is 1.17 bits per heavy atom. The fourth-order valence-electron chi connectivity index (χ4n) is 13.5. The summed E-state index contributed by atoms with van der Waals surface area (Å²) < 4.78 is 2.65. The zero-order valence-electron chi connectivity index (χ0n) is 27.6. The van der Waals surface area contributed by atoms with Gasteiger partial charge in [-0.1, -0.05) is 30.3 Å². The number of nitriles is 1. The van der Waals surface area contributed by atoms with Gasteiger partial charge in [0.05, 0.1) is 33.9 Å². The van der Waals surface area contributed by atoms with Crippen LogP contribution >= 0.6 is 0 Å². The fourth-order valence-corrected chi connectivity index (χ4v) is 13.5. The molecule has 0 aliphatic heterocycles. The molecule has 0 spiro atoms. The number of hydrogen-bond acceptors (Lipinski definition) is 2. The highest BCUT2D eigenvalue weighted by Crippen LogP contribution is 2.62. The monoisotopic (exact) mass is 611 g/mol. The van der Waals surface area contributed by atoms with Crippen molar-refractivity contribution in [3.05, 3.63) is 81.7 Å². The minimum absolute atomic E-state index is 0.536. The van der Waals surface area contributed by atoms with Gasteiger partial charge < -0.3 is 4.40 Å². The summed E-state index contributed by atoms with van der Waals surface area (Å²) in [5.74, 6) is 5.69. The third-order valence-electron chi connectivity index (χ3n) is 14.6. The van der Waals surface area contributed by atoms with Gasteiger partial charge in [-0.15, -0.1) is 0 Å². The predicted molar refractivity (Wildman–Crippen MR) is 190 cm³/mol. The molecule has 4 atom stereocenters. The third-order valence-corrected chi connectivity index (χ3v) is 14.6. The Kier molecular flexibility index (Phi) is 4.86. The average molecular weight is 612 g/mol. The Morgan fingerprint density at radius 3 is 1.79 bits per heavy atom. The lowest BCUT2D eigenvalue weighted by Gasteiger charge is -2.38. The van der Waals surface area contributed by atoms with Crippen LogP contribution < -0.4 is 0 Å². The largest absolute Gasteiger partial charge is 0.306 e. The number of benzene rings is 3. The number of fused-ring (bicyclic) bond motifs is 6. The molecule has 0 amide bonds. The van der Waals surface area contributed by atoms with E-state index < -0.39 is 0 Å². The molecule has 4 unspecified atom stereocenters. The zero-order chi connectivity index (χ0) is 30.9. The molecule has 3 nitrogen and oxygen atoms in total. The molecule has 0 saturated heterocycles. The maximum absolute atomic E-state index is 11.0. The standard InChI is InChI=1S/C44H41N3/c1-21-35(20-45)36-29-10-23-8-24(11-29)13-30(12-23)37(36)39-33-18-28(27-6-4-3-5-7-27)19-34-40-38-31-14-25-9-26(15-31)17-32(16-25)41(38)46-22(2)43(40)47(42(21)39)44(33)34/h3-7,18-19,23-26,29-32H,8-17H2,1-2H3. The van der Waals surface area contributed by atoms with Crippen LogP contribution in [-0.4, -0.2) is 9.38 Å². The van der Waals surface area contributed by atoms with Gasteiger partial charge in [0.2, 0.25) is 0 Å². The SMILES string of the molecule is Cc1nc2c(c3c4cc(-c5ccccc5)cc5c6c7c(c(C#N)c(C)c6n(c13)c45)C1CC3CC(C1)CC7C3)C1CC3CC(CC2C3)C1. The average Bonchev–Trinajstić information content (AvgIpc) is 3.46. The Balaban J connectivity index is 1.31.